The van der Waals surface area contributed by atoms with Gasteiger partial charge in [-0.15, -0.1) is 0 Å². The maximum Gasteiger partial charge on any atom is 0.124 e. The van der Waals surface area contributed by atoms with Crippen LogP contribution in [-0.2, 0) is 4.74 Å². The smallest absolute Gasteiger partial charge is 0.124 e. The second kappa shape index (κ2) is 6.76. The molecule has 1 unspecified atom stereocenters. The molecule has 1 aromatic rings. The Morgan fingerprint density at radius 2 is 2.10 bits per heavy atom. The third-order valence-electron chi connectivity index (χ3n) is 3.93. The zero-order valence-electron chi connectivity index (χ0n) is 11.6. The Balaban J connectivity index is 1.54. The number of benzene rings is 1. The quantitative estimate of drug-likeness (QED) is 0.922. The van der Waals surface area contributed by atoms with Gasteiger partial charge in [0.1, 0.15) is 5.75 Å². The summed E-state index contributed by atoms with van der Waals surface area (Å²) < 4.78 is 11.0. The molecule has 0 bridgehead atoms. The second-order valence-electron chi connectivity index (χ2n) is 5.28. The van der Waals surface area contributed by atoms with Gasteiger partial charge in [0.05, 0.1) is 19.8 Å². The van der Waals surface area contributed by atoms with Crippen molar-refractivity contribution in [2.75, 3.05) is 46.0 Å². The predicted octanol–water partition coefficient (Wildman–Crippen LogP) is 2.09. The van der Waals surface area contributed by atoms with Gasteiger partial charge in [-0.05, 0) is 18.2 Å². The Kier molecular flexibility index (Phi) is 4.78. The van der Waals surface area contributed by atoms with Gasteiger partial charge in [0.2, 0.25) is 0 Å². The van der Waals surface area contributed by atoms with Crippen LogP contribution in [-0.4, -0.2) is 50.9 Å². The van der Waals surface area contributed by atoms with Crippen molar-refractivity contribution in [1.29, 1.82) is 0 Å². The summed E-state index contributed by atoms with van der Waals surface area (Å²) >= 11 is 6.09. The number of hydrogen-bond acceptors (Lipinski definition) is 4. The molecule has 2 aliphatic heterocycles. The number of hydrogen-bond donors (Lipinski definition) is 1. The highest BCUT2D eigenvalue weighted by molar-refractivity contribution is 6.30. The average molecular weight is 297 g/mol. The highest BCUT2D eigenvalue weighted by Gasteiger charge is 2.21. The minimum Gasteiger partial charge on any atom is -0.493 e. The summed E-state index contributed by atoms with van der Waals surface area (Å²) in [6, 6.07) is 6.21. The molecule has 1 aromatic carbocycles. The van der Waals surface area contributed by atoms with Gasteiger partial charge in [-0.1, -0.05) is 11.6 Å². The fourth-order valence-corrected chi connectivity index (χ4v) is 2.98. The fraction of sp³-hybridized carbons (Fsp3) is 0.600. The first kappa shape index (κ1) is 14.1. The number of nitrogens with zero attached hydrogens (tertiary/aromatic N) is 1. The van der Waals surface area contributed by atoms with Gasteiger partial charge in [-0.3, -0.25) is 4.90 Å². The predicted molar refractivity (Wildman–Crippen MR) is 79.6 cm³/mol. The van der Waals surface area contributed by atoms with E-state index in [4.69, 9.17) is 21.1 Å². The summed E-state index contributed by atoms with van der Waals surface area (Å²) in [6.45, 7) is 6.61. The minimum atomic E-state index is 0.346. The first-order valence-corrected chi connectivity index (χ1v) is 7.66. The maximum atomic E-state index is 6.09. The van der Waals surface area contributed by atoms with Gasteiger partial charge >= 0.3 is 0 Å². The third-order valence-corrected chi connectivity index (χ3v) is 4.17. The Morgan fingerprint density at radius 1 is 1.25 bits per heavy atom. The van der Waals surface area contributed by atoms with Gasteiger partial charge in [0.25, 0.3) is 0 Å². The van der Waals surface area contributed by atoms with E-state index in [0.717, 1.165) is 63.2 Å². The third kappa shape index (κ3) is 3.44. The van der Waals surface area contributed by atoms with Crippen LogP contribution in [0.15, 0.2) is 18.2 Å². The normalized spacial score (nSPS) is 23.1. The van der Waals surface area contributed by atoms with Crippen LogP contribution >= 0.6 is 11.6 Å². The molecule has 1 saturated heterocycles. The molecule has 1 atom stereocenters. The molecule has 0 spiro atoms. The lowest BCUT2D eigenvalue weighted by Gasteiger charge is -2.30. The maximum absolute atomic E-state index is 6.09. The first-order valence-electron chi connectivity index (χ1n) is 7.29. The van der Waals surface area contributed by atoms with Crippen molar-refractivity contribution in [1.82, 2.24) is 10.2 Å². The summed E-state index contributed by atoms with van der Waals surface area (Å²) in [7, 11) is 0. The highest BCUT2D eigenvalue weighted by atomic mass is 35.5. The molecule has 0 saturated carbocycles. The molecule has 2 heterocycles. The summed E-state index contributed by atoms with van der Waals surface area (Å²) in [4.78, 5) is 2.44. The van der Waals surface area contributed by atoms with E-state index in [0.29, 0.717) is 6.04 Å². The van der Waals surface area contributed by atoms with Gasteiger partial charge in [0, 0.05) is 49.2 Å². The zero-order valence-corrected chi connectivity index (χ0v) is 12.4. The van der Waals surface area contributed by atoms with Crippen molar-refractivity contribution in [2.24, 2.45) is 0 Å². The first-order chi connectivity index (χ1) is 9.83. The Hall–Kier alpha value is -0.810. The molecule has 2 aliphatic rings. The van der Waals surface area contributed by atoms with E-state index in [1.54, 1.807) is 0 Å². The van der Waals surface area contributed by atoms with Crippen molar-refractivity contribution in [2.45, 2.75) is 12.5 Å². The number of nitrogens with one attached hydrogen (secondary N) is 1. The van der Waals surface area contributed by atoms with Crippen LogP contribution in [0.25, 0.3) is 0 Å². The van der Waals surface area contributed by atoms with Crippen LogP contribution < -0.4 is 10.1 Å². The second-order valence-corrected chi connectivity index (χ2v) is 5.72. The van der Waals surface area contributed by atoms with Gasteiger partial charge in [-0.2, -0.15) is 0 Å². The summed E-state index contributed by atoms with van der Waals surface area (Å²) in [5.74, 6) is 0.963. The van der Waals surface area contributed by atoms with E-state index in [-0.39, 0.29) is 0 Å². The van der Waals surface area contributed by atoms with Crippen molar-refractivity contribution in [3.63, 3.8) is 0 Å². The number of fused-ring (bicyclic) bond motifs is 1. The van der Waals surface area contributed by atoms with Crippen LogP contribution in [0.1, 0.15) is 18.0 Å². The Labute approximate surface area is 125 Å². The lowest BCUT2D eigenvalue weighted by molar-refractivity contribution is 0.0379. The Bertz CT molecular complexity index is 449. The molecule has 0 radical (unpaired) electrons. The minimum absolute atomic E-state index is 0.346. The van der Waals surface area contributed by atoms with Gasteiger partial charge < -0.3 is 14.8 Å². The lowest BCUT2D eigenvalue weighted by atomic mass is 10.0. The molecule has 0 amide bonds. The van der Waals surface area contributed by atoms with Gasteiger partial charge in [0.15, 0.2) is 0 Å². The SMILES string of the molecule is Clc1ccc2c(c1)C(NCCN1CCOCC1)CCO2. The average Bonchev–Trinajstić information content (AvgIpc) is 2.49. The lowest BCUT2D eigenvalue weighted by Crippen LogP contribution is -2.41. The molecule has 110 valence electrons. The monoisotopic (exact) mass is 296 g/mol. The standard InChI is InChI=1S/C15H21ClN2O2/c16-12-1-2-15-13(11-12)14(3-8-20-15)17-4-5-18-6-9-19-10-7-18/h1-2,11,14,17H,3-10H2. The summed E-state index contributed by atoms with van der Waals surface area (Å²) in [5.41, 5.74) is 1.19. The van der Waals surface area contributed by atoms with Crippen LogP contribution in [0.5, 0.6) is 5.75 Å². The van der Waals surface area contributed by atoms with Crippen molar-refractivity contribution in [3.8, 4) is 5.75 Å². The number of halogens is 1. The molecular weight excluding hydrogens is 276 g/mol. The fourth-order valence-electron chi connectivity index (χ4n) is 2.80. The zero-order chi connectivity index (χ0) is 13.8. The van der Waals surface area contributed by atoms with Crippen molar-refractivity contribution < 1.29 is 9.47 Å². The number of ether oxygens (including phenoxy) is 2. The van der Waals surface area contributed by atoms with Crippen LogP contribution in [0.4, 0.5) is 0 Å². The van der Waals surface area contributed by atoms with E-state index in [9.17, 15) is 0 Å². The summed E-state index contributed by atoms with van der Waals surface area (Å²) in [6.07, 6.45) is 0.996. The molecular formula is C15H21ClN2O2. The van der Waals surface area contributed by atoms with E-state index in [2.05, 4.69) is 10.2 Å². The van der Waals surface area contributed by atoms with E-state index < -0.39 is 0 Å². The van der Waals surface area contributed by atoms with Gasteiger partial charge in [-0.25, -0.2) is 0 Å². The van der Waals surface area contributed by atoms with Crippen LogP contribution in [0, 0.1) is 0 Å². The Morgan fingerprint density at radius 3 is 2.95 bits per heavy atom. The van der Waals surface area contributed by atoms with E-state index in [1.807, 2.05) is 18.2 Å². The van der Waals surface area contributed by atoms with Crippen molar-refractivity contribution in [3.05, 3.63) is 28.8 Å². The molecule has 3 rings (SSSR count). The largest absolute Gasteiger partial charge is 0.493 e. The molecule has 20 heavy (non-hydrogen) atoms. The van der Waals surface area contributed by atoms with E-state index >= 15 is 0 Å². The number of morpholine rings is 1. The van der Waals surface area contributed by atoms with E-state index in [1.165, 1.54) is 5.56 Å². The molecule has 1 N–H and O–H groups in total. The molecule has 5 heteroatoms. The van der Waals surface area contributed by atoms with Crippen LogP contribution in [0.2, 0.25) is 5.02 Å². The highest BCUT2D eigenvalue weighted by Crippen LogP contribution is 2.33. The molecule has 0 aromatic heterocycles. The van der Waals surface area contributed by atoms with Crippen molar-refractivity contribution >= 4 is 11.6 Å². The molecule has 1 fully saturated rings. The molecule has 4 nitrogen and oxygen atoms in total. The van der Waals surface area contributed by atoms with Crippen LogP contribution in [0.3, 0.4) is 0 Å². The molecule has 0 aliphatic carbocycles. The topological polar surface area (TPSA) is 33.7 Å². The number of rotatable bonds is 4. The summed E-state index contributed by atoms with van der Waals surface area (Å²) in [5, 5.41) is 4.40.